The third-order valence-corrected chi connectivity index (χ3v) is 2.58. The monoisotopic (exact) mass is 311 g/mol. The number of carbonyl (C=O) groups is 1. The van der Waals surface area contributed by atoms with Gasteiger partial charge < -0.3 is 15.0 Å². The average Bonchev–Trinajstić information content (AvgIpc) is 2.82. The number of hydrogen-bond acceptors (Lipinski definition) is 6. The molecule has 18 heavy (non-hydrogen) atoms. The first-order valence-electron chi connectivity index (χ1n) is 5.17. The van der Waals surface area contributed by atoms with Gasteiger partial charge >= 0.3 is 5.97 Å². The molecule has 6 nitrogen and oxygen atoms in total. The third kappa shape index (κ3) is 2.51. The summed E-state index contributed by atoms with van der Waals surface area (Å²) in [6, 6.07) is 3.20. The van der Waals surface area contributed by atoms with E-state index < -0.39 is 5.97 Å². The number of nitrogens with two attached hydrogens (primary N) is 1. The quantitative estimate of drug-likeness (QED) is 0.874. The van der Waals surface area contributed by atoms with Crippen LogP contribution in [-0.4, -0.2) is 22.7 Å². The van der Waals surface area contributed by atoms with E-state index in [1.54, 1.807) is 19.2 Å². The highest BCUT2D eigenvalue weighted by atomic mass is 79.9. The number of rotatable bonds is 3. The van der Waals surface area contributed by atoms with Gasteiger partial charge in [-0.25, -0.2) is 9.78 Å². The molecule has 2 rings (SSSR count). The van der Waals surface area contributed by atoms with Gasteiger partial charge in [-0.05, 0) is 28.9 Å². The minimum absolute atomic E-state index is 0.103. The fourth-order valence-electron chi connectivity index (χ4n) is 1.35. The van der Waals surface area contributed by atoms with E-state index in [4.69, 9.17) is 15.0 Å². The van der Waals surface area contributed by atoms with Crippen molar-refractivity contribution in [1.29, 1.82) is 0 Å². The second kappa shape index (κ2) is 5.18. The minimum Gasteiger partial charge on any atom is -0.461 e. The number of halogens is 1. The summed E-state index contributed by atoms with van der Waals surface area (Å²) in [5.41, 5.74) is 6.40. The molecule has 0 spiro atoms. The molecule has 0 saturated carbocycles. The topological polar surface area (TPSA) is 91.2 Å². The largest absolute Gasteiger partial charge is 0.461 e. The van der Waals surface area contributed by atoms with Crippen molar-refractivity contribution in [1.82, 2.24) is 10.1 Å². The maximum absolute atomic E-state index is 11.4. The second-order valence-corrected chi connectivity index (χ2v) is 4.30. The van der Waals surface area contributed by atoms with Gasteiger partial charge in [0, 0.05) is 16.7 Å². The van der Waals surface area contributed by atoms with Crippen molar-refractivity contribution < 1.29 is 14.1 Å². The van der Waals surface area contributed by atoms with Crippen molar-refractivity contribution >= 4 is 27.7 Å². The van der Waals surface area contributed by atoms with E-state index >= 15 is 0 Å². The number of ether oxygens (including phenoxy) is 1. The molecule has 0 aliphatic carbocycles. The molecule has 0 aromatic carbocycles. The standard InChI is InChI=1S/C11H10BrN3O3/c1-2-17-11(16)8-4-9(18-15-8)7-3-6(12)5-14-10(7)13/h3-5H,2H2,1H3,(H2,13,14). The van der Waals surface area contributed by atoms with Gasteiger partial charge in [-0.15, -0.1) is 0 Å². The minimum atomic E-state index is -0.533. The number of anilines is 1. The Bertz CT molecular complexity index is 583. The highest BCUT2D eigenvalue weighted by molar-refractivity contribution is 9.10. The molecule has 7 heteroatoms. The van der Waals surface area contributed by atoms with Crippen LogP contribution in [0, 0.1) is 0 Å². The molecule has 0 unspecified atom stereocenters. The van der Waals surface area contributed by atoms with Crippen molar-refractivity contribution in [2.75, 3.05) is 12.3 Å². The van der Waals surface area contributed by atoms with Crippen molar-refractivity contribution in [3.63, 3.8) is 0 Å². The lowest BCUT2D eigenvalue weighted by molar-refractivity contribution is 0.0514. The zero-order valence-electron chi connectivity index (χ0n) is 9.51. The molecule has 2 aromatic heterocycles. The SMILES string of the molecule is CCOC(=O)c1cc(-c2cc(Br)cnc2N)on1. The number of esters is 1. The van der Waals surface area contributed by atoms with Gasteiger partial charge in [0.2, 0.25) is 0 Å². The molecule has 0 amide bonds. The maximum Gasteiger partial charge on any atom is 0.360 e. The van der Waals surface area contributed by atoms with E-state index in [1.165, 1.54) is 6.07 Å². The van der Waals surface area contributed by atoms with Crippen LogP contribution in [-0.2, 0) is 4.74 Å². The van der Waals surface area contributed by atoms with E-state index in [9.17, 15) is 4.79 Å². The Kier molecular flexibility index (Phi) is 3.61. The van der Waals surface area contributed by atoms with E-state index in [0.717, 1.165) is 4.47 Å². The lowest BCUT2D eigenvalue weighted by Gasteiger charge is -2.00. The number of aromatic nitrogens is 2. The first kappa shape index (κ1) is 12.6. The normalized spacial score (nSPS) is 10.3. The van der Waals surface area contributed by atoms with Crippen molar-refractivity contribution in [2.24, 2.45) is 0 Å². The predicted octanol–water partition coefficient (Wildman–Crippen LogP) is 2.26. The van der Waals surface area contributed by atoms with E-state index in [-0.39, 0.29) is 12.3 Å². The predicted molar refractivity (Wildman–Crippen MR) is 67.8 cm³/mol. The lowest BCUT2D eigenvalue weighted by atomic mass is 10.2. The van der Waals surface area contributed by atoms with E-state index in [2.05, 4.69) is 26.1 Å². The summed E-state index contributed by atoms with van der Waals surface area (Å²) in [7, 11) is 0. The number of nitrogens with zero attached hydrogens (tertiary/aromatic N) is 2. The van der Waals surface area contributed by atoms with E-state index in [1.807, 2.05) is 0 Å². The number of nitrogen functional groups attached to an aromatic ring is 1. The summed E-state index contributed by atoms with van der Waals surface area (Å²) in [5, 5.41) is 3.63. The van der Waals surface area contributed by atoms with Crippen LogP contribution in [0.25, 0.3) is 11.3 Å². The fraction of sp³-hybridized carbons (Fsp3) is 0.182. The van der Waals surface area contributed by atoms with Gasteiger partial charge in [0.25, 0.3) is 0 Å². The fourth-order valence-corrected chi connectivity index (χ4v) is 1.68. The number of carbonyl (C=O) groups excluding carboxylic acids is 1. The number of hydrogen-bond donors (Lipinski definition) is 1. The molecule has 0 radical (unpaired) electrons. The molecule has 0 aliphatic heterocycles. The van der Waals surface area contributed by atoms with Crippen LogP contribution in [0.3, 0.4) is 0 Å². The van der Waals surface area contributed by atoms with Crippen LogP contribution >= 0.6 is 15.9 Å². The molecule has 0 atom stereocenters. The van der Waals surface area contributed by atoms with E-state index in [0.29, 0.717) is 17.1 Å². The van der Waals surface area contributed by atoms with Gasteiger partial charge in [0.15, 0.2) is 11.5 Å². The Morgan fingerprint density at radius 1 is 1.56 bits per heavy atom. The van der Waals surface area contributed by atoms with Crippen LogP contribution in [0.1, 0.15) is 17.4 Å². The van der Waals surface area contributed by atoms with Crippen LogP contribution in [0.4, 0.5) is 5.82 Å². The van der Waals surface area contributed by atoms with Gasteiger partial charge in [-0.1, -0.05) is 5.16 Å². The highest BCUT2D eigenvalue weighted by Gasteiger charge is 2.16. The average molecular weight is 312 g/mol. The van der Waals surface area contributed by atoms with Crippen LogP contribution < -0.4 is 5.73 Å². The van der Waals surface area contributed by atoms with Crippen LogP contribution in [0.5, 0.6) is 0 Å². The molecule has 2 N–H and O–H groups in total. The third-order valence-electron chi connectivity index (χ3n) is 2.15. The van der Waals surface area contributed by atoms with Crippen molar-refractivity contribution in [3.05, 3.63) is 28.5 Å². The maximum atomic E-state index is 11.4. The van der Waals surface area contributed by atoms with Gasteiger partial charge in [-0.3, -0.25) is 0 Å². The first-order valence-corrected chi connectivity index (χ1v) is 5.96. The van der Waals surface area contributed by atoms with Crippen LogP contribution in [0.15, 0.2) is 27.3 Å². The molecule has 0 bridgehead atoms. The molecule has 94 valence electrons. The Balaban J connectivity index is 2.35. The zero-order chi connectivity index (χ0) is 13.1. The first-order chi connectivity index (χ1) is 8.61. The van der Waals surface area contributed by atoms with Crippen molar-refractivity contribution in [3.8, 4) is 11.3 Å². The zero-order valence-corrected chi connectivity index (χ0v) is 11.1. The van der Waals surface area contributed by atoms with Gasteiger partial charge in [-0.2, -0.15) is 0 Å². The van der Waals surface area contributed by atoms with Gasteiger partial charge in [0.05, 0.1) is 12.2 Å². The summed E-state index contributed by atoms with van der Waals surface area (Å²) in [5.74, 6) is 0.128. The Hall–Kier alpha value is -1.89. The molecular formula is C11H10BrN3O3. The molecular weight excluding hydrogens is 302 g/mol. The molecule has 0 fully saturated rings. The van der Waals surface area contributed by atoms with Gasteiger partial charge in [0.1, 0.15) is 5.82 Å². The Morgan fingerprint density at radius 3 is 3.06 bits per heavy atom. The summed E-state index contributed by atoms with van der Waals surface area (Å²) >= 11 is 3.28. The smallest absolute Gasteiger partial charge is 0.360 e. The highest BCUT2D eigenvalue weighted by Crippen LogP contribution is 2.27. The van der Waals surface area contributed by atoms with Crippen molar-refractivity contribution in [2.45, 2.75) is 6.92 Å². The lowest BCUT2D eigenvalue weighted by Crippen LogP contribution is -2.04. The number of pyridine rings is 1. The summed E-state index contributed by atoms with van der Waals surface area (Å²) < 4.78 is 10.6. The van der Waals surface area contributed by atoms with Crippen LogP contribution in [0.2, 0.25) is 0 Å². The summed E-state index contributed by atoms with van der Waals surface area (Å²) in [6.07, 6.45) is 1.57. The second-order valence-electron chi connectivity index (χ2n) is 3.38. The molecule has 2 aromatic rings. The summed E-state index contributed by atoms with van der Waals surface area (Å²) in [4.78, 5) is 15.4. The molecule has 0 aliphatic rings. The molecule has 0 saturated heterocycles. The Labute approximate surface area is 111 Å². The summed E-state index contributed by atoms with van der Waals surface area (Å²) in [6.45, 7) is 2.00. The molecule has 2 heterocycles. The Morgan fingerprint density at radius 2 is 2.33 bits per heavy atom.